The summed E-state index contributed by atoms with van der Waals surface area (Å²) in [4.78, 5) is 3.49. The van der Waals surface area contributed by atoms with Crippen molar-refractivity contribution in [2.75, 3.05) is 5.32 Å². The van der Waals surface area contributed by atoms with Crippen molar-refractivity contribution in [2.24, 2.45) is 0 Å². The molecule has 1 N–H and O–H groups in total. The first-order chi connectivity index (χ1) is 19.8. The third-order valence-electron chi connectivity index (χ3n) is 7.37. The zero-order valence-corrected chi connectivity index (χ0v) is 21.8. The first-order valence-corrected chi connectivity index (χ1v) is 13.3. The van der Waals surface area contributed by atoms with Crippen molar-refractivity contribution in [1.29, 1.82) is 0 Å². The topological polar surface area (TPSA) is 21.3 Å². The Hall–Kier alpha value is -5.59. The molecule has 0 amide bonds. The van der Waals surface area contributed by atoms with Gasteiger partial charge in [-0.05, 0) is 76.9 Å². The minimum atomic E-state index is 0.634. The predicted molar refractivity (Wildman–Crippen MR) is 168 cm³/mol. The summed E-state index contributed by atoms with van der Waals surface area (Å²) in [5, 5.41) is 5.95. The van der Waals surface area contributed by atoms with Gasteiger partial charge in [-0.25, -0.2) is 4.85 Å². The Morgan fingerprint density at radius 1 is 0.475 bits per heavy atom. The lowest BCUT2D eigenvalue weighted by Gasteiger charge is -2.12. The fraction of sp³-hybridized carbons (Fsp3) is 0. The fourth-order valence-electron chi connectivity index (χ4n) is 5.43. The van der Waals surface area contributed by atoms with Crippen molar-refractivity contribution in [2.45, 2.75) is 0 Å². The molecule has 0 radical (unpaired) electrons. The normalized spacial score (nSPS) is 11.0. The van der Waals surface area contributed by atoms with E-state index >= 15 is 0 Å². The van der Waals surface area contributed by atoms with Crippen LogP contribution >= 0.6 is 0 Å². The molecule has 7 aromatic rings. The molecule has 0 fully saturated rings. The molecule has 3 nitrogen and oxygen atoms in total. The van der Waals surface area contributed by atoms with Gasteiger partial charge in [0.25, 0.3) is 0 Å². The maximum absolute atomic E-state index is 7.20. The number of benzene rings is 6. The van der Waals surface area contributed by atoms with Gasteiger partial charge in [0.1, 0.15) is 0 Å². The van der Waals surface area contributed by atoms with E-state index in [1.807, 2.05) is 24.3 Å². The molecule has 0 unspecified atom stereocenters. The SMILES string of the molecule is [C-]#[N+]c1ccc(Nc2cccc(-n3c4ccc(-c5ccccc5)cc4c4cc(-c5ccccc5)ccc43)c2)cc1. The van der Waals surface area contributed by atoms with Crippen molar-refractivity contribution in [3.63, 3.8) is 0 Å². The van der Waals surface area contributed by atoms with Gasteiger partial charge in [-0.15, -0.1) is 0 Å². The van der Waals surface area contributed by atoms with Crippen molar-refractivity contribution in [3.05, 3.63) is 157 Å². The van der Waals surface area contributed by atoms with Crippen LogP contribution in [0.25, 0.3) is 54.6 Å². The minimum Gasteiger partial charge on any atom is -0.356 e. The van der Waals surface area contributed by atoms with Crippen LogP contribution in [0.15, 0.2) is 146 Å². The lowest BCUT2D eigenvalue weighted by molar-refractivity contribution is 1.18. The van der Waals surface area contributed by atoms with Crippen LogP contribution in [0.3, 0.4) is 0 Å². The van der Waals surface area contributed by atoms with Crippen LogP contribution in [0.1, 0.15) is 0 Å². The van der Waals surface area contributed by atoms with E-state index in [1.54, 1.807) is 0 Å². The first kappa shape index (κ1) is 23.5. The summed E-state index contributed by atoms with van der Waals surface area (Å²) in [5.41, 5.74) is 10.8. The number of hydrogen-bond donors (Lipinski definition) is 1. The molecule has 0 aliphatic carbocycles. The predicted octanol–water partition coefficient (Wildman–Crippen LogP) is 10.4. The number of nitrogens with zero attached hydrogens (tertiary/aromatic N) is 2. The highest BCUT2D eigenvalue weighted by molar-refractivity contribution is 6.11. The molecule has 0 bridgehead atoms. The van der Waals surface area contributed by atoms with Crippen LogP contribution in [0.5, 0.6) is 0 Å². The number of rotatable bonds is 5. The van der Waals surface area contributed by atoms with Crippen LogP contribution < -0.4 is 5.32 Å². The van der Waals surface area contributed by atoms with Crippen molar-refractivity contribution < 1.29 is 0 Å². The highest BCUT2D eigenvalue weighted by Gasteiger charge is 2.15. The summed E-state index contributed by atoms with van der Waals surface area (Å²) in [6.07, 6.45) is 0. The van der Waals surface area contributed by atoms with E-state index in [0.717, 1.165) is 17.1 Å². The number of anilines is 2. The third kappa shape index (κ3) is 4.28. The van der Waals surface area contributed by atoms with Crippen molar-refractivity contribution in [3.8, 4) is 27.9 Å². The molecule has 3 heteroatoms. The zero-order chi connectivity index (χ0) is 26.9. The molecule has 0 saturated carbocycles. The Balaban J connectivity index is 1.40. The van der Waals surface area contributed by atoms with Gasteiger partial charge in [0.15, 0.2) is 5.69 Å². The Morgan fingerprint density at radius 3 is 1.60 bits per heavy atom. The minimum absolute atomic E-state index is 0.634. The molecule has 7 rings (SSSR count). The largest absolute Gasteiger partial charge is 0.356 e. The molecule has 1 heterocycles. The standard InChI is InChI=1S/C37H25N3/c1-38-30-17-19-31(20-18-30)39-32-13-8-14-33(25-32)40-36-21-15-28(26-9-4-2-5-10-26)23-34(36)35-24-29(16-22-37(35)40)27-11-6-3-7-12-27/h2-25,39H. The van der Waals surface area contributed by atoms with Crippen molar-refractivity contribution >= 4 is 38.9 Å². The highest BCUT2D eigenvalue weighted by Crippen LogP contribution is 2.37. The molecule has 0 saturated heterocycles. The van der Waals surface area contributed by atoms with Gasteiger partial charge in [-0.1, -0.05) is 91.0 Å². The van der Waals surface area contributed by atoms with Gasteiger partial charge in [0.05, 0.1) is 17.6 Å². The molecule has 1 aromatic heterocycles. The van der Waals surface area contributed by atoms with Crippen LogP contribution in [-0.4, -0.2) is 4.57 Å². The summed E-state index contributed by atoms with van der Waals surface area (Å²) in [5.74, 6) is 0. The smallest absolute Gasteiger partial charge is 0.187 e. The van der Waals surface area contributed by atoms with E-state index in [-0.39, 0.29) is 0 Å². The number of hydrogen-bond acceptors (Lipinski definition) is 1. The molecule has 0 spiro atoms. The van der Waals surface area contributed by atoms with Gasteiger partial charge in [-0.3, -0.25) is 0 Å². The Labute approximate surface area is 233 Å². The zero-order valence-electron chi connectivity index (χ0n) is 21.8. The second-order valence-corrected chi connectivity index (χ2v) is 9.87. The van der Waals surface area contributed by atoms with E-state index in [9.17, 15) is 0 Å². The molecule has 40 heavy (non-hydrogen) atoms. The average Bonchev–Trinajstić information content (AvgIpc) is 3.35. The summed E-state index contributed by atoms with van der Waals surface area (Å²) < 4.78 is 2.35. The molecule has 6 aromatic carbocycles. The van der Waals surface area contributed by atoms with Crippen LogP contribution in [0, 0.1) is 6.57 Å². The maximum atomic E-state index is 7.20. The Kier molecular flexibility index (Phi) is 5.85. The molecule has 0 aliphatic rings. The first-order valence-electron chi connectivity index (χ1n) is 13.3. The van der Waals surface area contributed by atoms with Gasteiger partial charge in [0.2, 0.25) is 0 Å². The van der Waals surface area contributed by atoms with E-state index in [1.165, 1.54) is 44.1 Å². The highest BCUT2D eigenvalue weighted by atomic mass is 15.0. The fourth-order valence-corrected chi connectivity index (χ4v) is 5.43. The summed E-state index contributed by atoms with van der Waals surface area (Å²) in [7, 11) is 0. The number of nitrogens with one attached hydrogen (secondary N) is 1. The molecule has 0 aliphatic heterocycles. The summed E-state index contributed by atoms with van der Waals surface area (Å²) in [6, 6.07) is 50.7. The van der Waals surface area contributed by atoms with E-state index in [4.69, 9.17) is 6.57 Å². The van der Waals surface area contributed by atoms with Gasteiger partial charge in [0, 0.05) is 27.8 Å². The maximum Gasteiger partial charge on any atom is 0.187 e. The molecule has 188 valence electrons. The second kappa shape index (κ2) is 9.94. The molecule has 0 atom stereocenters. The van der Waals surface area contributed by atoms with Crippen molar-refractivity contribution in [1.82, 2.24) is 4.57 Å². The van der Waals surface area contributed by atoms with Crippen LogP contribution in [-0.2, 0) is 0 Å². The van der Waals surface area contributed by atoms with Crippen LogP contribution in [0.4, 0.5) is 17.1 Å². The monoisotopic (exact) mass is 511 g/mol. The van der Waals surface area contributed by atoms with Gasteiger partial charge in [-0.2, -0.15) is 0 Å². The third-order valence-corrected chi connectivity index (χ3v) is 7.37. The summed E-state index contributed by atoms with van der Waals surface area (Å²) in [6.45, 7) is 7.20. The quantitative estimate of drug-likeness (QED) is 0.228. The lowest BCUT2D eigenvalue weighted by atomic mass is 10.0. The average molecular weight is 512 g/mol. The summed E-state index contributed by atoms with van der Waals surface area (Å²) >= 11 is 0. The Morgan fingerprint density at radius 2 is 1.05 bits per heavy atom. The number of fused-ring (bicyclic) bond motifs is 3. The van der Waals surface area contributed by atoms with E-state index in [2.05, 4.69) is 136 Å². The Bertz CT molecular complexity index is 1920. The lowest BCUT2D eigenvalue weighted by Crippen LogP contribution is -1.96. The molecular weight excluding hydrogens is 486 g/mol. The van der Waals surface area contributed by atoms with E-state index < -0.39 is 0 Å². The number of aromatic nitrogens is 1. The second-order valence-electron chi connectivity index (χ2n) is 9.87. The van der Waals surface area contributed by atoms with Crippen LogP contribution in [0.2, 0.25) is 0 Å². The van der Waals surface area contributed by atoms with Gasteiger partial charge < -0.3 is 9.88 Å². The van der Waals surface area contributed by atoms with E-state index in [0.29, 0.717) is 5.69 Å². The molecular formula is C37H25N3. The van der Waals surface area contributed by atoms with Gasteiger partial charge >= 0.3 is 0 Å².